The number of aliphatic hydroxyl groups is 1. The van der Waals surface area contributed by atoms with Crippen LogP contribution in [0.2, 0.25) is 0 Å². The molecule has 0 fully saturated rings. The van der Waals surface area contributed by atoms with Crippen LogP contribution in [0.25, 0.3) is 0 Å². The molecule has 3 nitrogen and oxygen atoms in total. The molecule has 0 spiro atoms. The van der Waals surface area contributed by atoms with Crippen molar-refractivity contribution in [2.24, 2.45) is 0 Å². The highest BCUT2D eigenvalue weighted by Crippen LogP contribution is 2.20. The van der Waals surface area contributed by atoms with Crippen molar-refractivity contribution in [3.05, 3.63) is 29.8 Å². The van der Waals surface area contributed by atoms with E-state index in [1.807, 2.05) is 19.1 Å². The Morgan fingerprint density at radius 2 is 1.81 bits per heavy atom. The summed E-state index contributed by atoms with van der Waals surface area (Å²) in [5.74, 6) is 0.377. The summed E-state index contributed by atoms with van der Waals surface area (Å²) in [5.41, 5.74) is 1.06. The maximum atomic E-state index is 11.6. The first-order valence-electron chi connectivity index (χ1n) is 5.45. The highest BCUT2D eigenvalue weighted by Gasteiger charge is 2.12. The Kier molecular flexibility index (Phi) is 4.50. The summed E-state index contributed by atoms with van der Waals surface area (Å²) in [6.45, 7) is 3.80. The van der Waals surface area contributed by atoms with E-state index >= 15 is 0 Å². The zero-order chi connectivity index (χ0) is 12.2. The highest BCUT2D eigenvalue weighted by molar-refractivity contribution is 7.91. The van der Waals surface area contributed by atoms with Gasteiger partial charge in [-0.15, -0.1) is 0 Å². The predicted molar refractivity (Wildman–Crippen MR) is 64.3 cm³/mol. The van der Waals surface area contributed by atoms with Crippen LogP contribution in [0.5, 0.6) is 0 Å². The summed E-state index contributed by atoms with van der Waals surface area (Å²) >= 11 is 0. The topological polar surface area (TPSA) is 54.4 Å². The van der Waals surface area contributed by atoms with Gasteiger partial charge in [-0.3, -0.25) is 0 Å². The quantitative estimate of drug-likeness (QED) is 0.858. The zero-order valence-electron chi connectivity index (χ0n) is 9.68. The minimum atomic E-state index is -3.10. The average molecular weight is 242 g/mol. The number of hydrogen-bond acceptors (Lipinski definition) is 3. The molecule has 0 aliphatic rings. The Morgan fingerprint density at radius 3 is 2.25 bits per heavy atom. The van der Waals surface area contributed by atoms with Crippen molar-refractivity contribution in [2.75, 3.05) is 12.4 Å². The number of benzene rings is 1. The van der Waals surface area contributed by atoms with Crippen LogP contribution in [0, 0.1) is 0 Å². The minimum absolute atomic E-state index is 0.124. The summed E-state index contributed by atoms with van der Waals surface area (Å²) < 4.78 is 23.1. The fourth-order valence-electron chi connectivity index (χ4n) is 1.53. The monoisotopic (exact) mass is 242 g/mol. The molecular formula is C12H18O3S. The van der Waals surface area contributed by atoms with E-state index in [9.17, 15) is 8.42 Å². The second-order valence-corrected chi connectivity index (χ2v) is 6.16. The molecule has 16 heavy (non-hydrogen) atoms. The van der Waals surface area contributed by atoms with Gasteiger partial charge < -0.3 is 5.11 Å². The zero-order valence-corrected chi connectivity index (χ0v) is 10.5. The van der Waals surface area contributed by atoms with Crippen molar-refractivity contribution < 1.29 is 13.5 Å². The largest absolute Gasteiger partial charge is 0.396 e. The van der Waals surface area contributed by atoms with Crippen LogP contribution in [-0.2, 0) is 9.84 Å². The van der Waals surface area contributed by atoms with Gasteiger partial charge in [0, 0.05) is 6.61 Å². The van der Waals surface area contributed by atoms with Crippen LogP contribution in [0.15, 0.2) is 29.2 Å². The number of rotatable bonds is 5. The van der Waals surface area contributed by atoms with Crippen molar-refractivity contribution in [2.45, 2.75) is 31.1 Å². The van der Waals surface area contributed by atoms with Gasteiger partial charge in [-0.05, 0) is 30.0 Å². The first-order chi connectivity index (χ1) is 7.51. The Labute approximate surface area is 97.0 Å². The number of aliphatic hydroxyl groups excluding tert-OH is 1. The van der Waals surface area contributed by atoms with E-state index in [2.05, 4.69) is 0 Å². The van der Waals surface area contributed by atoms with Gasteiger partial charge in [0.2, 0.25) is 0 Å². The summed E-state index contributed by atoms with van der Waals surface area (Å²) in [7, 11) is -3.10. The number of sulfone groups is 1. The Bertz CT molecular complexity index is 420. The molecular weight excluding hydrogens is 224 g/mol. The van der Waals surface area contributed by atoms with Gasteiger partial charge in [-0.2, -0.15) is 0 Å². The third kappa shape index (κ3) is 3.06. The standard InChI is InChI=1S/C12H18O3S/c1-3-16(14,15)12-6-4-11(5-7-12)10(2)8-9-13/h4-7,10,13H,3,8-9H2,1-2H3/t10-/m0/s1. The van der Waals surface area contributed by atoms with Crippen molar-refractivity contribution >= 4 is 9.84 Å². The van der Waals surface area contributed by atoms with Gasteiger partial charge in [0.1, 0.15) is 0 Å². The molecule has 0 saturated heterocycles. The van der Waals surface area contributed by atoms with Crippen LogP contribution >= 0.6 is 0 Å². The third-order valence-corrected chi connectivity index (χ3v) is 4.50. The first kappa shape index (κ1) is 13.2. The molecule has 0 amide bonds. The lowest BCUT2D eigenvalue weighted by atomic mass is 9.98. The fraction of sp³-hybridized carbons (Fsp3) is 0.500. The van der Waals surface area contributed by atoms with Crippen molar-refractivity contribution in [3.63, 3.8) is 0 Å². The normalized spacial score (nSPS) is 13.7. The summed E-state index contributed by atoms with van der Waals surface area (Å²) in [6, 6.07) is 6.93. The smallest absolute Gasteiger partial charge is 0.178 e. The van der Waals surface area contributed by atoms with Crippen molar-refractivity contribution in [3.8, 4) is 0 Å². The van der Waals surface area contributed by atoms with Gasteiger partial charge >= 0.3 is 0 Å². The SMILES string of the molecule is CCS(=O)(=O)c1ccc([C@@H](C)CCO)cc1. The molecule has 0 bridgehead atoms. The maximum Gasteiger partial charge on any atom is 0.178 e. The molecule has 0 aliphatic heterocycles. The molecule has 90 valence electrons. The second kappa shape index (κ2) is 5.46. The van der Waals surface area contributed by atoms with Gasteiger partial charge in [-0.1, -0.05) is 26.0 Å². The molecule has 0 unspecified atom stereocenters. The van der Waals surface area contributed by atoms with Gasteiger partial charge in [0.15, 0.2) is 9.84 Å². The van der Waals surface area contributed by atoms with E-state index in [0.717, 1.165) is 5.56 Å². The Hall–Kier alpha value is -0.870. The Morgan fingerprint density at radius 1 is 1.25 bits per heavy atom. The van der Waals surface area contributed by atoms with Crippen LogP contribution in [0.4, 0.5) is 0 Å². The lowest BCUT2D eigenvalue weighted by molar-refractivity contribution is 0.278. The summed E-state index contributed by atoms with van der Waals surface area (Å²) in [4.78, 5) is 0.370. The second-order valence-electron chi connectivity index (χ2n) is 3.89. The van der Waals surface area contributed by atoms with E-state index in [1.165, 1.54) is 0 Å². The molecule has 0 saturated carbocycles. The molecule has 1 N–H and O–H groups in total. The molecule has 1 aromatic carbocycles. The summed E-state index contributed by atoms with van der Waals surface area (Å²) in [5, 5.41) is 8.82. The molecule has 4 heteroatoms. The van der Waals surface area contributed by atoms with Crippen LogP contribution in [0.3, 0.4) is 0 Å². The van der Waals surface area contributed by atoms with Crippen LogP contribution in [-0.4, -0.2) is 25.9 Å². The lowest BCUT2D eigenvalue weighted by Gasteiger charge is -2.10. The van der Waals surface area contributed by atoms with E-state index < -0.39 is 9.84 Å². The fourth-order valence-corrected chi connectivity index (χ4v) is 2.41. The molecule has 0 radical (unpaired) electrons. The average Bonchev–Trinajstić information content (AvgIpc) is 2.29. The highest BCUT2D eigenvalue weighted by atomic mass is 32.2. The lowest BCUT2D eigenvalue weighted by Crippen LogP contribution is -2.04. The first-order valence-corrected chi connectivity index (χ1v) is 7.10. The molecule has 0 heterocycles. The minimum Gasteiger partial charge on any atom is -0.396 e. The van der Waals surface area contributed by atoms with Crippen molar-refractivity contribution in [1.29, 1.82) is 0 Å². The molecule has 1 aromatic rings. The van der Waals surface area contributed by atoms with Crippen LogP contribution < -0.4 is 0 Å². The van der Waals surface area contributed by atoms with Gasteiger partial charge in [-0.25, -0.2) is 8.42 Å². The molecule has 1 atom stereocenters. The third-order valence-electron chi connectivity index (χ3n) is 2.75. The van der Waals surface area contributed by atoms with E-state index in [0.29, 0.717) is 11.3 Å². The molecule has 0 aromatic heterocycles. The Balaban J connectivity index is 2.91. The molecule has 0 aliphatic carbocycles. The van der Waals surface area contributed by atoms with Crippen LogP contribution in [0.1, 0.15) is 31.7 Å². The predicted octanol–water partition coefficient (Wildman–Crippen LogP) is 1.97. The molecule has 1 rings (SSSR count). The number of hydrogen-bond donors (Lipinski definition) is 1. The summed E-state index contributed by atoms with van der Waals surface area (Å²) in [6.07, 6.45) is 0.694. The van der Waals surface area contributed by atoms with Gasteiger partial charge in [0.05, 0.1) is 10.6 Å². The van der Waals surface area contributed by atoms with E-state index in [4.69, 9.17) is 5.11 Å². The van der Waals surface area contributed by atoms with Crippen molar-refractivity contribution in [1.82, 2.24) is 0 Å². The van der Waals surface area contributed by atoms with Gasteiger partial charge in [0.25, 0.3) is 0 Å². The van der Waals surface area contributed by atoms with E-state index in [-0.39, 0.29) is 18.3 Å². The maximum absolute atomic E-state index is 11.6. The van der Waals surface area contributed by atoms with E-state index in [1.54, 1.807) is 19.1 Å².